The predicted octanol–water partition coefficient (Wildman–Crippen LogP) is 4.33. The molecule has 1 nitrogen and oxygen atoms in total. The van der Waals surface area contributed by atoms with Crippen molar-refractivity contribution in [3.05, 3.63) is 29.3 Å². The van der Waals surface area contributed by atoms with Crippen molar-refractivity contribution in [2.45, 2.75) is 24.9 Å². The fraction of sp³-hybridized carbons (Fsp3) is 0.417. The summed E-state index contributed by atoms with van der Waals surface area (Å²) in [7, 11) is 0. The lowest BCUT2D eigenvalue weighted by atomic mass is 10.1. The number of rotatable bonds is 3. The van der Waals surface area contributed by atoms with Crippen LogP contribution in [0.25, 0.3) is 0 Å². The third-order valence-electron chi connectivity index (χ3n) is 2.00. The summed E-state index contributed by atoms with van der Waals surface area (Å²) in [5, 5.41) is 8.84. The Bertz CT molecular complexity index is 432. The first kappa shape index (κ1) is 13.9. The Morgan fingerprint density at radius 1 is 1.35 bits per heavy atom. The highest BCUT2D eigenvalue weighted by Gasteiger charge is 2.31. The first-order chi connectivity index (χ1) is 7.84. The Morgan fingerprint density at radius 3 is 2.47 bits per heavy atom. The fourth-order valence-corrected chi connectivity index (χ4v) is 2.11. The minimum Gasteiger partial charge on any atom is -0.192 e. The van der Waals surface area contributed by atoms with Crippen LogP contribution in [0.1, 0.15) is 25.0 Å². The average molecular weight is 259 g/mol. The molecule has 0 aliphatic rings. The summed E-state index contributed by atoms with van der Waals surface area (Å²) in [5.74, 6) is 1.20. The van der Waals surface area contributed by atoms with Gasteiger partial charge >= 0.3 is 6.18 Å². The standard InChI is InChI=1S/C12H12F3NS/c1-8(2)7-17-11-4-3-10(12(13,14)15)5-9(11)6-16/h3-5,8H,7H2,1-2H3. The first-order valence-electron chi connectivity index (χ1n) is 5.08. The van der Waals surface area contributed by atoms with Crippen LogP contribution in [-0.2, 0) is 6.18 Å². The Morgan fingerprint density at radius 2 is 2.00 bits per heavy atom. The second-order valence-corrected chi connectivity index (χ2v) is 5.09. The van der Waals surface area contributed by atoms with Crippen molar-refractivity contribution in [3.63, 3.8) is 0 Å². The van der Waals surface area contributed by atoms with E-state index in [1.807, 2.05) is 19.9 Å². The van der Waals surface area contributed by atoms with Gasteiger partial charge in [0.25, 0.3) is 0 Å². The molecule has 0 saturated carbocycles. The molecular formula is C12H12F3NS. The molecule has 0 radical (unpaired) electrons. The fourth-order valence-electron chi connectivity index (χ4n) is 1.18. The quantitative estimate of drug-likeness (QED) is 0.754. The van der Waals surface area contributed by atoms with E-state index in [9.17, 15) is 13.2 Å². The molecule has 0 amide bonds. The van der Waals surface area contributed by atoms with Crippen LogP contribution in [0, 0.1) is 17.2 Å². The normalized spacial score (nSPS) is 11.6. The molecular weight excluding hydrogens is 247 g/mol. The maximum absolute atomic E-state index is 12.4. The number of hydrogen-bond donors (Lipinski definition) is 0. The topological polar surface area (TPSA) is 23.8 Å². The van der Waals surface area contributed by atoms with Crippen molar-refractivity contribution in [1.82, 2.24) is 0 Å². The SMILES string of the molecule is CC(C)CSc1ccc(C(F)(F)F)cc1C#N. The molecule has 1 aromatic rings. The zero-order chi connectivity index (χ0) is 13.1. The number of nitrogens with zero attached hydrogens (tertiary/aromatic N) is 1. The van der Waals surface area contributed by atoms with Gasteiger partial charge in [-0.15, -0.1) is 11.8 Å². The van der Waals surface area contributed by atoms with Gasteiger partial charge in [-0.25, -0.2) is 0 Å². The van der Waals surface area contributed by atoms with Crippen LogP contribution in [0.5, 0.6) is 0 Å². The minimum atomic E-state index is -4.40. The third kappa shape index (κ3) is 3.97. The van der Waals surface area contributed by atoms with E-state index in [0.717, 1.165) is 17.9 Å². The first-order valence-corrected chi connectivity index (χ1v) is 6.07. The third-order valence-corrected chi connectivity index (χ3v) is 3.50. The molecule has 0 aliphatic carbocycles. The number of alkyl halides is 3. The van der Waals surface area contributed by atoms with Crippen LogP contribution in [0.15, 0.2) is 23.1 Å². The Kier molecular flexibility index (Phi) is 4.47. The van der Waals surface area contributed by atoms with Crippen LogP contribution >= 0.6 is 11.8 Å². The van der Waals surface area contributed by atoms with Crippen LogP contribution in [0.2, 0.25) is 0 Å². The van der Waals surface area contributed by atoms with Gasteiger partial charge in [-0.3, -0.25) is 0 Å². The maximum atomic E-state index is 12.4. The van der Waals surface area contributed by atoms with E-state index in [-0.39, 0.29) is 5.56 Å². The molecule has 1 rings (SSSR count). The summed E-state index contributed by atoms with van der Waals surface area (Å²) in [6, 6.07) is 5.10. The molecule has 0 heterocycles. The van der Waals surface area contributed by atoms with Gasteiger partial charge in [-0.1, -0.05) is 13.8 Å². The smallest absolute Gasteiger partial charge is 0.192 e. The second-order valence-electron chi connectivity index (χ2n) is 4.03. The highest BCUT2D eigenvalue weighted by Crippen LogP contribution is 2.33. The van der Waals surface area contributed by atoms with Crippen molar-refractivity contribution in [1.29, 1.82) is 5.26 Å². The molecule has 0 bridgehead atoms. The van der Waals surface area contributed by atoms with E-state index < -0.39 is 11.7 Å². The summed E-state index contributed by atoms with van der Waals surface area (Å²) in [5.41, 5.74) is -0.687. The van der Waals surface area contributed by atoms with Gasteiger partial charge in [0.05, 0.1) is 11.1 Å². The number of hydrogen-bond acceptors (Lipinski definition) is 2. The van der Waals surface area contributed by atoms with Crippen molar-refractivity contribution in [2.24, 2.45) is 5.92 Å². The number of benzene rings is 1. The van der Waals surface area contributed by atoms with E-state index in [4.69, 9.17) is 5.26 Å². The predicted molar refractivity (Wildman–Crippen MR) is 61.7 cm³/mol. The molecule has 0 aromatic heterocycles. The van der Waals surface area contributed by atoms with Crippen LogP contribution in [0.4, 0.5) is 13.2 Å². The second kappa shape index (κ2) is 5.46. The summed E-state index contributed by atoms with van der Waals surface area (Å²) in [4.78, 5) is 0.606. The van der Waals surface area contributed by atoms with Crippen LogP contribution in [-0.4, -0.2) is 5.75 Å². The molecule has 0 aliphatic heterocycles. The van der Waals surface area contributed by atoms with Gasteiger partial charge in [0.1, 0.15) is 6.07 Å². The lowest BCUT2D eigenvalue weighted by Crippen LogP contribution is -2.05. The molecule has 92 valence electrons. The molecule has 0 unspecified atom stereocenters. The molecule has 0 spiro atoms. The van der Waals surface area contributed by atoms with E-state index in [2.05, 4.69) is 0 Å². The summed E-state index contributed by atoms with van der Waals surface area (Å²) < 4.78 is 37.3. The zero-order valence-corrected chi connectivity index (χ0v) is 10.3. The highest BCUT2D eigenvalue weighted by molar-refractivity contribution is 7.99. The van der Waals surface area contributed by atoms with Crippen molar-refractivity contribution < 1.29 is 13.2 Å². The van der Waals surface area contributed by atoms with E-state index in [1.165, 1.54) is 17.8 Å². The molecule has 17 heavy (non-hydrogen) atoms. The van der Waals surface area contributed by atoms with Gasteiger partial charge in [-0.2, -0.15) is 18.4 Å². The number of halogens is 3. The van der Waals surface area contributed by atoms with Gasteiger partial charge in [0.2, 0.25) is 0 Å². The number of nitriles is 1. The van der Waals surface area contributed by atoms with Gasteiger partial charge in [-0.05, 0) is 24.1 Å². The summed E-state index contributed by atoms with van der Waals surface area (Å²) in [6.45, 7) is 4.03. The maximum Gasteiger partial charge on any atom is 0.416 e. The highest BCUT2D eigenvalue weighted by atomic mass is 32.2. The summed E-state index contributed by atoms with van der Waals surface area (Å²) in [6.07, 6.45) is -4.40. The van der Waals surface area contributed by atoms with Crippen molar-refractivity contribution in [2.75, 3.05) is 5.75 Å². The molecule has 0 N–H and O–H groups in total. The lowest BCUT2D eigenvalue weighted by molar-refractivity contribution is -0.137. The van der Waals surface area contributed by atoms with Gasteiger partial charge < -0.3 is 0 Å². The van der Waals surface area contributed by atoms with E-state index in [0.29, 0.717) is 10.8 Å². The molecule has 0 atom stereocenters. The Labute approximate surface area is 103 Å². The molecule has 5 heteroatoms. The largest absolute Gasteiger partial charge is 0.416 e. The number of thioether (sulfide) groups is 1. The monoisotopic (exact) mass is 259 g/mol. The summed E-state index contributed by atoms with van der Waals surface area (Å²) >= 11 is 1.41. The average Bonchev–Trinajstić information content (AvgIpc) is 2.24. The Balaban J connectivity index is 2.99. The molecule has 0 fully saturated rings. The lowest BCUT2D eigenvalue weighted by Gasteiger charge is -2.10. The van der Waals surface area contributed by atoms with E-state index in [1.54, 1.807) is 0 Å². The van der Waals surface area contributed by atoms with Gasteiger partial charge in [0, 0.05) is 10.6 Å². The van der Waals surface area contributed by atoms with Crippen LogP contribution < -0.4 is 0 Å². The Hall–Kier alpha value is -1.15. The van der Waals surface area contributed by atoms with Crippen molar-refractivity contribution in [3.8, 4) is 6.07 Å². The molecule has 0 saturated heterocycles. The minimum absolute atomic E-state index is 0.0884. The van der Waals surface area contributed by atoms with Crippen LogP contribution in [0.3, 0.4) is 0 Å². The molecule has 1 aromatic carbocycles. The van der Waals surface area contributed by atoms with Gasteiger partial charge in [0.15, 0.2) is 0 Å². The van der Waals surface area contributed by atoms with E-state index >= 15 is 0 Å². The zero-order valence-electron chi connectivity index (χ0n) is 9.51. The van der Waals surface area contributed by atoms with Crippen molar-refractivity contribution >= 4 is 11.8 Å².